The Morgan fingerprint density at radius 1 is 1.17 bits per heavy atom. The van der Waals surface area contributed by atoms with Crippen molar-refractivity contribution in [2.45, 2.75) is 45.3 Å². The van der Waals surface area contributed by atoms with Crippen LogP contribution >= 0.6 is 0 Å². The van der Waals surface area contributed by atoms with Gasteiger partial charge in [-0.2, -0.15) is 0 Å². The van der Waals surface area contributed by atoms with Crippen molar-refractivity contribution in [3.8, 4) is 0 Å². The summed E-state index contributed by atoms with van der Waals surface area (Å²) in [5.41, 5.74) is 1.98. The number of aliphatic hydroxyl groups is 1. The van der Waals surface area contributed by atoms with Gasteiger partial charge in [-0.25, -0.2) is 0 Å². The number of hydrogen-bond donors (Lipinski definition) is 2. The van der Waals surface area contributed by atoms with Crippen LogP contribution in [0.5, 0.6) is 0 Å². The first kappa shape index (κ1) is 13.1. The van der Waals surface area contributed by atoms with Crippen LogP contribution in [-0.4, -0.2) is 11.0 Å². The molecule has 1 fully saturated rings. The summed E-state index contributed by atoms with van der Waals surface area (Å²) in [6, 6.07) is 7.67. The predicted octanol–water partition coefficient (Wildman–Crippen LogP) is 2.38. The maximum atomic E-state index is 11.7. The van der Waals surface area contributed by atoms with Crippen LogP contribution in [0.1, 0.15) is 43.2 Å². The molecule has 0 heterocycles. The van der Waals surface area contributed by atoms with Gasteiger partial charge in [-0.05, 0) is 29.9 Å². The van der Waals surface area contributed by atoms with Crippen molar-refractivity contribution in [3.05, 3.63) is 35.4 Å². The third-order valence-corrected chi connectivity index (χ3v) is 3.64. The summed E-state index contributed by atoms with van der Waals surface area (Å²) < 4.78 is 0. The SMILES string of the molecule is O=C(CC1CCCC1)NCc1ccc(CO)cc1. The van der Waals surface area contributed by atoms with Crippen LogP contribution in [-0.2, 0) is 17.9 Å². The highest BCUT2D eigenvalue weighted by Gasteiger charge is 2.17. The third kappa shape index (κ3) is 3.84. The fourth-order valence-corrected chi connectivity index (χ4v) is 2.51. The molecule has 1 aliphatic carbocycles. The number of carbonyl (C=O) groups is 1. The standard InChI is InChI=1S/C15H21NO2/c17-11-14-7-5-13(6-8-14)10-16-15(18)9-12-3-1-2-4-12/h5-8,12,17H,1-4,9-11H2,(H,16,18). The molecular formula is C15H21NO2. The van der Waals surface area contributed by atoms with Crippen molar-refractivity contribution >= 4 is 5.91 Å². The lowest BCUT2D eigenvalue weighted by Crippen LogP contribution is -2.24. The van der Waals surface area contributed by atoms with E-state index in [2.05, 4.69) is 5.32 Å². The Bertz CT molecular complexity index is 380. The van der Waals surface area contributed by atoms with E-state index in [1.54, 1.807) is 0 Å². The minimum absolute atomic E-state index is 0.0638. The summed E-state index contributed by atoms with van der Waals surface area (Å²) >= 11 is 0. The minimum Gasteiger partial charge on any atom is -0.392 e. The number of hydrogen-bond acceptors (Lipinski definition) is 2. The molecule has 0 unspecified atom stereocenters. The number of carbonyl (C=O) groups excluding carboxylic acids is 1. The van der Waals surface area contributed by atoms with Crippen molar-refractivity contribution in [1.82, 2.24) is 5.32 Å². The Hall–Kier alpha value is -1.35. The second-order valence-electron chi connectivity index (χ2n) is 5.11. The van der Waals surface area contributed by atoms with Gasteiger partial charge in [0.15, 0.2) is 0 Å². The van der Waals surface area contributed by atoms with Gasteiger partial charge < -0.3 is 10.4 Å². The van der Waals surface area contributed by atoms with Crippen LogP contribution in [0, 0.1) is 5.92 Å². The van der Waals surface area contributed by atoms with Crippen LogP contribution in [0.25, 0.3) is 0 Å². The van der Waals surface area contributed by atoms with Gasteiger partial charge in [-0.1, -0.05) is 37.1 Å². The first-order chi connectivity index (χ1) is 8.78. The second kappa shape index (κ2) is 6.55. The van der Waals surface area contributed by atoms with Crippen LogP contribution in [0.3, 0.4) is 0 Å². The van der Waals surface area contributed by atoms with Gasteiger partial charge >= 0.3 is 0 Å². The monoisotopic (exact) mass is 247 g/mol. The molecule has 1 saturated carbocycles. The predicted molar refractivity (Wildman–Crippen MR) is 70.8 cm³/mol. The summed E-state index contributed by atoms with van der Waals surface area (Å²) in [7, 11) is 0. The summed E-state index contributed by atoms with van der Waals surface area (Å²) in [5.74, 6) is 0.759. The normalized spacial score (nSPS) is 15.8. The molecule has 98 valence electrons. The molecule has 0 aliphatic heterocycles. The molecule has 0 radical (unpaired) electrons. The quantitative estimate of drug-likeness (QED) is 0.839. The second-order valence-corrected chi connectivity index (χ2v) is 5.11. The molecule has 18 heavy (non-hydrogen) atoms. The van der Waals surface area contributed by atoms with E-state index >= 15 is 0 Å². The van der Waals surface area contributed by atoms with Gasteiger partial charge in [-0.15, -0.1) is 0 Å². The zero-order chi connectivity index (χ0) is 12.8. The topological polar surface area (TPSA) is 49.3 Å². The number of benzene rings is 1. The number of rotatable bonds is 5. The maximum absolute atomic E-state index is 11.7. The molecule has 3 nitrogen and oxygen atoms in total. The molecule has 0 bridgehead atoms. The lowest BCUT2D eigenvalue weighted by molar-refractivity contribution is -0.122. The number of nitrogens with one attached hydrogen (secondary N) is 1. The van der Waals surface area contributed by atoms with Crippen molar-refractivity contribution in [3.63, 3.8) is 0 Å². The van der Waals surface area contributed by atoms with Gasteiger partial charge in [-0.3, -0.25) is 4.79 Å². The van der Waals surface area contributed by atoms with Crippen molar-refractivity contribution in [2.24, 2.45) is 5.92 Å². The van der Waals surface area contributed by atoms with E-state index in [0.717, 1.165) is 11.1 Å². The van der Waals surface area contributed by atoms with Crippen LogP contribution < -0.4 is 5.32 Å². The molecule has 0 saturated heterocycles. The Balaban J connectivity index is 1.74. The maximum Gasteiger partial charge on any atom is 0.220 e. The molecule has 3 heteroatoms. The van der Waals surface area contributed by atoms with E-state index in [4.69, 9.17) is 5.11 Å². The average molecular weight is 247 g/mol. The molecule has 2 N–H and O–H groups in total. The van der Waals surface area contributed by atoms with Crippen molar-refractivity contribution in [2.75, 3.05) is 0 Å². The molecule has 1 aromatic carbocycles. The lowest BCUT2D eigenvalue weighted by atomic mass is 10.0. The molecule has 0 atom stereocenters. The number of aliphatic hydroxyl groups excluding tert-OH is 1. The van der Waals surface area contributed by atoms with E-state index in [1.807, 2.05) is 24.3 Å². The van der Waals surface area contributed by atoms with Crippen LogP contribution in [0.2, 0.25) is 0 Å². The Morgan fingerprint density at radius 3 is 2.39 bits per heavy atom. The Labute approximate surface area is 108 Å². The molecule has 1 amide bonds. The minimum atomic E-state index is 0.0638. The van der Waals surface area contributed by atoms with Crippen molar-refractivity contribution in [1.29, 1.82) is 0 Å². The highest BCUT2D eigenvalue weighted by atomic mass is 16.3. The molecular weight excluding hydrogens is 226 g/mol. The average Bonchev–Trinajstić information content (AvgIpc) is 2.90. The highest BCUT2D eigenvalue weighted by molar-refractivity contribution is 5.76. The fourth-order valence-electron chi connectivity index (χ4n) is 2.51. The molecule has 1 aromatic rings. The Kier molecular flexibility index (Phi) is 4.76. The zero-order valence-corrected chi connectivity index (χ0v) is 10.7. The van der Waals surface area contributed by atoms with Gasteiger partial charge in [0.1, 0.15) is 0 Å². The molecule has 0 spiro atoms. The van der Waals surface area contributed by atoms with Crippen LogP contribution in [0.15, 0.2) is 24.3 Å². The van der Waals surface area contributed by atoms with E-state index in [-0.39, 0.29) is 12.5 Å². The van der Waals surface area contributed by atoms with Crippen LogP contribution in [0.4, 0.5) is 0 Å². The van der Waals surface area contributed by atoms with Gasteiger partial charge in [0.2, 0.25) is 5.91 Å². The highest BCUT2D eigenvalue weighted by Crippen LogP contribution is 2.27. The molecule has 1 aliphatic rings. The summed E-state index contributed by atoms with van der Waals surface area (Å²) in [6.45, 7) is 0.644. The fraction of sp³-hybridized carbons (Fsp3) is 0.533. The van der Waals surface area contributed by atoms with Gasteiger partial charge in [0.05, 0.1) is 6.61 Å². The van der Waals surface area contributed by atoms with Gasteiger partial charge in [0, 0.05) is 13.0 Å². The molecule has 0 aromatic heterocycles. The summed E-state index contributed by atoms with van der Waals surface area (Å²) in [5, 5.41) is 11.9. The molecule has 2 rings (SSSR count). The summed E-state index contributed by atoms with van der Waals surface area (Å²) in [6.07, 6.45) is 5.65. The first-order valence-electron chi connectivity index (χ1n) is 6.73. The zero-order valence-electron chi connectivity index (χ0n) is 10.7. The summed E-state index contributed by atoms with van der Waals surface area (Å²) in [4.78, 5) is 11.7. The third-order valence-electron chi connectivity index (χ3n) is 3.64. The first-order valence-corrected chi connectivity index (χ1v) is 6.73. The van der Waals surface area contributed by atoms with Crippen molar-refractivity contribution < 1.29 is 9.90 Å². The Morgan fingerprint density at radius 2 is 1.78 bits per heavy atom. The van der Waals surface area contributed by atoms with E-state index in [9.17, 15) is 4.79 Å². The smallest absolute Gasteiger partial charge is 0.220 e. The lowest BCUT2D eigenvalue weighted by Gasteiger charge is -2.09. The van der Waals surface area contributed by atoms with E-state index < -0.39 is 0 Å². The van der Waals surface area contributed by atoms with Gasteiger partial charge in [0.25, 0.3) is 0 Å². The largest absolute Gasteiger partial charge is 0.392 e. The number of amides is 1. The van der Waals surface area contributed by atoms with E-state index in [1.165, 1.54) is 25.7 Å². The van der Waals surface area contributed by atoms with E-state index in [0.29, 0.717) is 18.9 Å².